The number of carbonyl (C=O) groups is 4. The third kappa shape index (κ3) is 57.6. The summed E-state index contributed by atoms with van der Waals surface area (Å²) in [5.74, 6) is -0.663. The number of phosphoric ester groups is 2. The summed E-state index contributed by atoms with van der Waals surface area (Å²) < 4.78 is 67.9. The average Bonchev–Trinajstić information content (AvgIpc) is 3.45. The Hall–Kier alpha value is -1.94. The van der Waals surface area contributed by atoms with Gasteiger partial charge in [-0.05, 0) is 37.5 Å². The van der Waals surface area contributed by atoms with Gasteiger partial charge in [-0.2, -0.15) is 0 Å². The number of aliphatic hydroxyl groups excluding tert-OH is 1. The van der Waals surface area contributed by atoms with Crippen molar-refractivity contribution in [2.75, 3.05) is 39.6 Å². The van der Waals surface area contributed by atoms with Crippen LogP contribution in [0.5, 0.6) is 0 Å². The zero-order valence-corrected chi connectivity index (χ0v) is 55.3. The number of hydrogen-bond donors (Lipinski definition) is 3. The molecule has 0 aromatic carbocycles. The third-order valence-electron chi connectivity index (χ3n) is 15.1. The molecule has 17 nitrogen and oxygen atoms in total. The second-order valence-electron chi connectivity index (χ2n) is 23.9. The van der Waals surface area contributed by atoms with Gasteiger partial charge in [0.15, 0.2) is 12.2 Å². The van der Waals surface area contributed by atoms with Crippen LogP contribution in [0, 0.1) is 11.8 Å². The van der Waals surface area contributed by atoms with Crippen LogP contribution in [-0.4, -0.2) is 96.7 Å². The molecule has 0 saturated carbocycles. The highest BCUT2D eigenvalue weighted by molar-refractivity contribution is 7.47. The summed E-state index contributed by atoms with van der Waals surface area (Å²) in [5.41, 5.74) is 0. The molecule has 83 heavy (non-hydrogen) atoms. The van der Waals surface area contributed by atoms with Crippen LogP contribution in [0.3, 0.4) is 0 Å². The van der Waals surface area contributed by atoms with E-state index in [1.54, 1.807) is 0 Å². The van der Waals surface area contributed by atoms with Gasteiger partial charge in [0.25, 0.3) is 0 Å². The largest absolute Gasteiger partial charge is 0.472 e. The van der Waals surface area contributed by atoms with Crippen LogP contribution in [0.2, 0.25) is 0 Å². The van der Waals surface area contributed by atoms with Crippen molar-refractivity contribution in [2.24, 2.45) is 11.8 Å². The molecule has 0 saturated heterocycles. The lowest BCUT2D eigenvalue weighted by Gasteiger charge is -2.21. The molecule has 0 aromatic rings. The Morgan fingerprint density at radius 2 is 0.614 bits per heavy atom. The van der Waals surface area contributed by atoms with Crippen LogP contribution in [0.15, 0.2) is 0 Å². The highest BCUT2D eigenvalue weighted by Crippen LogP contribution is 2.45. The molecule has 0 aliphatic rings. The first-order valence-electron chi connectivity index (χ1n) is 33.5. The molecule has 0 heterocycles. The van der Waals surface area contributed by atoms with Crippen LogP contribution < -0.4 is 0 Å². The Morgan fingerprint density at radius 3 is 0.916 bits per heavy atom. The van der Waals surface area contributed by atoms with Crippen LogP contribution in [0.1, 0.15) is 318 Å². The number of ether oxygens (including phenoxy) is 4. The van der Waals surface area contributed by atoms with Crippen molar-refractivity contribution in [2.45, 2.75) is 336 Å². The summed E-state index contributed by atoms with van der Waals surface area (Å²) in [4.78, 5) is 72.1. The second kappa shape index (κ2) is 56.6. The Kier molecular flexibility index (Phi) is 55.2. The van der Waals surface area contributed by atoms with E-state index < -0.39 is 97.5 Å². The predicted octanol–water partition coefficient (Wildman–Crippen LogP) is 17.7. The summed E-state index contributed by atoms with van der Waals surface area (Å²) in [6.45, 7) is 9.41. The van der Waals surface area contributed by atoms with E-state index >= 15 is 0 Å². The van der Waals surface area contributed by atoms with Crippen molar-refractivity contribution < 1.29 is 80.2 Å². The van der Waals surface area contributed by atoms with E-state index in [-0.39, 0.29) is 25.7 Å². The number of unbranched alkanes of at least 4 members (excludes halogenated alkanes) is 32. The SMILES string of the molecule is CCCCCCCCCCCCCCCC(=O)O[C@H](COC(=O)CCCCCCCCCCC(C)CC)COP(=O)(O)OC[C@@H](O)COP(=O)(O)OC[C@@H](COC(=O)CCCCCCCCCC)OC(=O)CCCCCCCCCC(C)C. The fourth-order valence-corrected chi connectivity index (χ4v) is 11.1. The summed E-state index contributed by atoms with van der Waals surface area (Å²) in [5, 5.41) is 10.5. The number of aliphatic hydroxyl groups is 1. The maximum absolute atomic E-state index is 13.0. The zero-order valence-electron chi connectivity index (χ0n) is 53.5. The van der Waals surface area contributed by atoms with Gasteiger partial charge in [0.2, 0.25) is 0 Å². The lowest BCUT2D eigenvalue weighted by Crippen LogP contribution is -2.30. The topological polar surface area (TPSA) is 237 Å². The monoisotopic (exact) mass is 1230 g/mol. The molecule has 0 radical (unpaired) electrons. The fraction of sp³-hybridized carbons (Fsp3) is 0.938. The number of carbonyl (C=O) groups excluding carboxylic acids is 4. The van der Waals surface area contributed by atoms with E-state index in [4.69, 9.17) is 37.0 Å². The molecule has 0 rings (SSSR count). The molecule has 3 N–H and O–H groups in total. The highest BCUT2D eigenvalue weighted by atomic mass is 31.2. The second-order valence-corrected chi connectivity index (χ2v) is 26.8. The molecule has 0 bridgehead atoms. The number of phosphoric acid groups is 2. The van der Waals surface area contributed by atoms with E-state index in [2.05, 4.69) is 41.5 Å². The maximum atomic E-state index is 13.0. The Labute approximate surface area is 505 Å². The Bertz CT molecular complexity index is 1630. The van der Waals surface area contributed by atoms with Gasteiger partial charge in [0, 0.05) is 25.7 Å². The average molecular weight is 1230 g/mol. The molecule has 0 aliphatic carbocycles. The molecule has 492 valence electrons. The minimum absolute atomic E-state index is 0.103. The van der Waals surface area contributed by atoms with E-state index in [0.29, 0.717) is 31.6 Å². The van der Waals surface area contributed by atoms with Crippen LogP contribution in [0.4, 0.5) is 0 Å². The minimum atomic E-state index is -4.94. The van der Waals surface area contributed by atoms with Gasteiger partial charge in [0.1, 0.15) is 19.3 Å². The van der Waals surface area contributed by atoms with Crippen molar-refractivity contribution in [1.29, 1.82) is 0 Å². The van der Waals surface area contributed by atoms with E-state index in [1.165, 1.54) is 128 Å². The molecule has 6 atom stereocenters. The minimum Gasteiger partial charge on any atom is -0.462 e. The molecule has 19 heteroatoms. The number of esters is 4. The molecular weight excluding hydrogens is 1100 g/mol. The maximum Gasteiger partial charge on any atom is 0.472 e. The van der Waals surface area contributed by atoms with E-state index in [0.717, 1.165) is 102 Å². The quantitative estimate of drug-likeness (QED) is 0.0222. The fourth-order valence-electron chi connectivity index (χ4n) is 9.50. The molecular formula is C64H124O17P2. The molecule has 0 aromatic heterocycles. The summed E-state index contributed by atoms with van der Waals surface area (Å²) in [6.07, 6.45) is 39.0. The standard InChI is InChI=1S/C64H124O17P2/c1-7-10-12-14-16-18-19-20-21-22-30-36-42-48-63(68)80-59(53-75-62(67)47-41-35-29-24-23-27-33-39-45-57(6)9-3)54-78-82(70,71)76-50-58(65)51-77-83(72,73)79-55-60(52-74-61(66)46-40-34-28-17-15-13-11-8-2)81-64(69)49-43-37-31-25-26-32-38-44-56(4)5/h56-60,65H,7-55H2,1-6H3,(H,70,71)(H,72,73)/t57?,58-,59-,60-/m1/s1. The smallest absolute Gasteiger partial charge is 0.462 e. The normalized spacial score (nSPS) is 14.6. The van der Waals surface area contributed by atoms with Gasteiger partial charge in [-0.3, -0.25) is 37.3 Å². The van der Waals surface area contributed by atoms with Crippen LogP contribution >= 0.6 is 15.6 Å². The van der Waals surface area contributed by atoms with Gasteiger partial charge < -0.3 is 33.8 Å². The first-order chi connectivity index (χ1) is 39.9. The third-order valence-corrected chi connectivity index (χ3v) is 17.0. The van der Waals surface area contributed by atoms with Crippen molar-refractivity contribution in [3.63, 3.8) is 0 Å². The lowest BCUT2D eigenvalue weighted by molar-refractivity contribution is -0.161. The molecule has 0 amide bonds. The van der Waals surface area contributed by atoms with Gasteiger partial charge in [-0.25, -0.2) is 9.13 Å². The zero-order chi connectivity index (χ0) is 61.5. The van der Waals surface area contributed by atoms with Crippen molar-refractivity contribution >= 4 is 39.5 Å². The van der Waals surface area contributed by atoms with E-state index in [9.17, 15) is 43.2 Å². The molecule has 0 spiro atoms. The lowest BCUT2D eigenvalue weighted by atomic mass is 9.99. The van der Waals surface area contributed by atoms with Gasteiger partial charge in [-0.15, -0.1) is 0 Å². The summed E-state index contributed by atoms with van der Waals surface area (Å²) in [6, 6.07) is 0. The Morgan fingerprint density at radius 1 is 0.349 bits per heavy atom. The van der Waals surface area contributed by atoms with Crippen molar-refractivity contribution in [3.05, 3.63) is 0 Å². The van der Waals surface area contributed by atoms with Crippen LogP contribution in [-0.2, 0) is 65.4 Å². The molecule has 0 aliphatic heterocycles. The number of rotatable bonds is 63. The van der Waals surface area contributed by atoms with Gasteiger partial charge >= 0.3 is 39.5 Å². The number of hydrogen-bond acceptors (Lipinski definition) is 15. The highest BCUT2D eigenvalue weighted by Gasteiger charge is 2.30. The predicted molar refractivity (Wildman–Crippen MR) is 331 cm³/mol. The summed E-state index contributed by atoms with van der Waals surface area (Å²) >= 11 is 0. The first kappa shape index (κ1) is 81.1. The molecule has 0 fully saturated rings. The first-order valence-corrected chi connectivity index (χ1v) is 36.5. The van der Waals surface area contributed by atoms with Crippen molar-refractivity contribution in [3.8, 4) is 0 Å². The van der Waals surface area contributed by atoms with Gasteiger partial charge in [0.05, 0.1) is 26.4 Å². The van der Waals surface area contributed by atoms with Crippen molar-refractivity contribution in [1.82, 2.24) is 0 Å². The van der Waals surface area contributed by atoms with E-state index in [1.807, 2.05) is 0 Å². The molecule has 3 unspecified atom stereocenters. The van der Waals surface area contributed by atoms with Crippen LogP contribution in [0.25, 0.3) is 0 Å². The Balaban J connectivity index is 5.24. The summed E-state index contributed by atoms with van der Waals surface area (Å²) in [7, 11) is -9.88. The van der Waals surface area contributed by atoms with Gasteiger partial charge in [-0.1, -0.05) is 266 Å².